The predicted molar refractivity (Wildman–Crippen MR) is 348 cm³/mol. The largest absolute Gasteiger partial charge is 0.480 e. The molecule has 5 rings (SSSR count). The van der Waals surface area contributed by atoms with Crippen LogP contribution in [-0.4, -0.2) is 249 Å². The first-order chi connectivity index (χ1) is 46.2. The second kappa shape index (κ2) is 39.6. The predicted octanol–water partition coefficient (Wildman–Crippen LogP) is 3.58. The van der Waals surface area contributed by atoms with Crippen LogP contribution in [0.3, 0.4) is 0 Å². The summed E-state index contributed by atoms with van der Waals surface area (Å²) in [4.78, 5) is 116. The summed E-state index contributed by atoms with van der Waals surface area (Å²) < 4.78 is 51.6. The van der Waals surface area contributed by atoms with Crippen LogP contribution in [0.4, 0.5) is 4.79 Å². The molecule has 2 aliphatic rings. The Morgan fingerprint density at radius 3 is 2.09 bits per heavy atom. The summed E-state index contributed by atoms with van der Waals surface area (Å²) in [6.07, 6.45) is -10.7. The van der Waals surface area contributed by atoms with Gasteiger partial charge in [-0.15, -0.1) is 0 Å². The van der Waals surface area contributed by atoms with Crippen molar-refractivity contribution in [2.75, 3.05) is 87.6 Å². The molecular formula is C66H99N9O22. The molecule has 0 spiro atoms. The maximum absolute atomic E-state index is 14.9. The van der Waals surface area contributed by atoms with Crippen molar-refractivity contribution in [3.8, 4) is 5.75 Å². The molecular weight excluding hydrogens is 1270 g/mol. The zero-order valence-corrected chi connectivity index (χ0v) is 57.2. The summed E-state index contributed by atoms with van der Waals surface area (Å²) in [5, 5.41) is 63.3. The third kappa shape index (κ3) is 22.7. The Morgan fingerprint density at radius 1 is 0.814 bits per heavy atom. The maximum atomic E-state index is 14.9. The van der Waals surface area contributed by atoms with Crippen molar-refractivity contribution in [3.05, 3.63) is 75.9 Å². The number of nitrogens with one attached hydrogen (secondary N) is 3. The topological polar surface area (TPSA) is 419 Å². The van der Waals surface area contributed by atoms with E-state index in [1.54, 1.807) is 70.8 Å². The van der Waals surface area contributed by atoms with Crippen molar-refractivity contribution in [1.29, 1.82) is 0 Å². The number of benzene rings is 2. The quantitative estimate of drug-likeness (QED) is 0.0174. The molecule has 540 valence electrons. The molecule has 2 aromatic carbocycles. The van der Waals surface area contributed by atoms with Crippen molar-refractivity contribution in [1.82, 2.24) is 30.7 Å². The smallest absolute Gasteiger partial charge is 0.410 e. The number of carbonyl (C=O) groups excluding carboxylic acids is 6. The van der Waals surface area contributed by atoms with Crippen LogP contribution in [0.15, 0.2) is 58.1 Å². The number of aliphatic hydroxyl groups excluding tert-OH is 3. The van der Waals surface area contributed by atoms with Gasteiger partial charge >= 0.3 is 18.0 Å². The van der Waals surface area contributed by atoms with Crippen LogP contribution >= 0.6 is 0 Å². The molecule has 0 saturated carbocycles. The molecule has 1 aromatic heterocycles. The highest BCUT2D eigenvalue weighted by atomic mass is 16.7. The molecule has 0 aliphatic carbocycles. The number of aryl methyl sites for hydroxylation is 1. The van der Waals surface area contributed by atoms with E-state index in [1.165, 1.54) is 44.4 Å². The van der Waals surface area contributed by atoms with Gasteiger partial charge in [0.05, 0.1) is 81.7 Å². The summed E-state index contributed by atoms with van der Waals surface area (Å²) in [6, 6.07) is 8.50. The van der Waals surface area contributed by atoms with E-state index in [1.807, 2.05) is 19.9 Å². The highest BCUT2D eigenvalue weighted by Gasteiger charge is 2.49. The van der Waals surface area contributed by atoms with Crippen LogP contribution in [0, 0.1) is 23.7 Å². The molecule has 2 aliphatic heterocycles. The van der Waals surface area contributed by atoms with Gasteiger partial charge in [0.1, 0.15) is 60.1 Å². The number of fused-ring (bicyclic) bond motifs is 1. The number of carboxylic acids is 2. The van der Waals surface area contributed by atoms with E-state index >= 15 is 0 Å². The van der Waals surface area contributed by atoms with Crippen LogP contribution < -0.4 is 20.7 Å². The number of ether oxygens (including phenoxy) is 8. The third-order valence-electron chi connectivity index (χ3n) is 17.5. The van der Waals surface area contributed by atoms with E-state index in [4.69, 9.17) is 47.8 Å². The fraction of sp³-hybridized carbons (Fsp3) is 0.667. The monoisotopic (exact) mass is 1370 g/mol. The number of amides is 6. The van der Waals surface area contributed by atoms with Crippen molar-refractivity contribution in [2.45, 2.75) is 173 Å². The Labute approximate surface area is 564 Å². The molecule has 97 heavy (non-hydrogen) atoms. The lowest BCUT2D eigenvalue weighted by Crippen LogP contribution is -2.61. The molecule has 3 aromatic rings. The third-order valence-corrected chi connectivity index (χ3v) is 17.5. The molecule has 31 heteroatoms. The van der Waals surface area contributed by atoms with Crippen LogP contribution in [0.5, 0.6) is 5.75 Å². The number of likely N-dealkylation sites (N-methyl/N-ethyl adjacent to an activating group) is 2. The van der Waals surface area contributed by atoms with Gasteiger partial charge in [0.25, 0.3) is 0 Å². The molecule has 31 nitrogen and oxygen atoms in total. The van der Waals surface area contributed by atoms with E-state index in [9.17, 15) is 63.9 Å². The summed E-state index contributed by atoms with van der Waals surface area (Å²) in [7, 11) is 5.86. The van der Waals surface area contributed by atoms with Crippen LogP contribution in [0.2, 0.25) is 0 Å². The van der Waals surface area contributed by atoms with Gasteiger partial charge in [-0.3, -0.25) is 28.9 Å². The number of likely N-dealkylation sites (tertiary alicyclic amines) is 1. The van der Waals surface area contributed by atoms with Gasteiger partial charge in [-0.05, 0) is 59.9 Å². The van der Waals surface area contributed by atoms with Gasteiger partial charge in [0, 0.05) is 77.7 Å². The average Bonchev–Trinajstić information content (AvgIpc) is 1.75. The van der Waals surface area contributed by atoms with E-state index in [-0.39, 0.29) is 111 Å². The maximum Gasteiger partial charge on any atom is 0.410 e. The summed E-state index contributed by atoms with van der Waals surface area (Å²) in [5.41, 5.74) is 9.39. The van der Waals surface area contributed by atoms with E-state index in [0.717, 1.165) is 10.5 Å². The lowest BCUT2D eigenvalue weighted by Gasteiger charge is -2.41. The van der Waals surface area contributed by atoms with Crippen molar-refractivity contribution in [2.24, 2.45) is 28.8 Å². The normalized spacial score (nSPS) is 20.3. The Bertz CT molecular complexity index is 3100. The Morgan fingerprint density at radius 2 is 1.48 bits per heavy atom. The molecule has 2 saturated heterocycles. The first kappa shape index (κ1) is 80.0. The number of methoxy groups -OCH3 is 2. The minimum Gasteiger partial charge on any atom is -0.480 e. The van der Waals surface area contributed by atoms with Crippen LogP contribution in [-0.2, 0) is 86.2 Å². The minimum atomic E-state index is -1.99. The number of carboxylic acid groups (broad SMARTS) is 2. The number of aliphatic hydroxyl groups is 3. The zero-order valence-electron chi connectivity index (χ0n) is 57.2. The summed E-state index contributed by atoms with van der Waals surface area (Å²) in [5.74, 6) is -7.12. The molecule has 8 N–H and O–H groups in total. The highest BCUT2D eigenvalue weighted by Crippen LogP contribution is 2.36. The number of nitrogens with zero attached hydrogens (tertiary/aromatic N) is 6. The fourth-order valence-electron chi connectivity index (χ4n) is 12.0. The zero-order chi connectivity index (χ0) is 71.6. The number of aliphatic carboxylic acids is 2. The van der Waals surface area contributed by atoms with Crippen molar-refractivity contribution in [3.63, 3.8) is 0 Å². The van der Waals surface area contributed by atoms with Crippen LogP contribution in [0.25, 0.3) is 21.4 Å². The van der Waals surface area contributed by atoms with Crippen molar-refractivity contribution < 1.29 is 106 Å². The fourth-order valence-corrected chi connectivity index (χ4v) is 12.0. The van der Waals surface area contributed by atoms with Crippen LogP contribution in [0.1, 0.15) is 97.5 Å². The van der Waals surface area contributed by atoms with Crippen molar-refractivity contribution >= 4 is 58.5 Å². The first-order valence-electron chi connectivity index (χ1n) is 32.7. The van der Waals surface area contributed by atoms with E-state index in [0.29, 0.717) is 39.0 Å². The number of hydrogen-bond donors (Lipinski definition) is 8. The number of rotatable bonds is 41. The molecule has 2 fully saturated rings. The minimum absolute atomic E-state index is 0.0391. The van der Waals surface area contributed by atoms with Gasteiger partial charge in [-0.2, -0.15) is 0 Å². The summed E-state index contributed by atoms with van der Waals surface area (Å²) >= 11 is 0. The SMILES string of the molecule is CCC(C)[C@@H]([C@@H](CC(=O)N1CCC[C@H]1[C@H](OC)[C@@H](C)C(=O)NC(Cc1ccccc1)C(=O)O)OC)N(C)C(=O)[C@@H](NC(=O)[C@H](C(C)C)N(C)C(=O)OCc1ccc(O[C@@H]2O[C@H](C(=O)O)[C@@H](O)[C@H](O)[C@H]2O)c2cc(CCC(=O)NCCOCCOCCOCCN=[N+]=[N-])oc12)C(C)C. The Kier molecular flexibility index (Phi) is 32.7. The number of furan rings is 1. The first-order valence-corrected chi connectivity index (χ1v) is 32.7. The molecule has 14 atom stereocenters. The lowest BCUT2D eigenvalue weighted by molar-refractivity contribution is -0.270. The van der Waals surface area contributed by atoms with E-state index in [2.05, 4.69) is 26.0 Å². The Balaban J connectivity index is 1.26. The molecule has 2 unspecified atom stereocenters. The molecule has 0 radical (unpaired) electrons. The van der Waals surface area contributed by atoms with Gasteiger partial charge in [0.2, 0.25) is 35.8 Å². The number of carbonyl (C=O) groups is 8. The molecule has 0 bridgehead atoms. The average molecular weight is 1370 g/mol. The summed E-state index contributed by atoms with van der Waals surface area (Å²) in [6.45, 7) is 14.4. The van der Waals surface area contributed by atoms with Gasteiger partial charge in [0.15, 0.2) is 6.10 Å². The van der Waals surface area contributed by atoms with E-state index < -0.39 is 133 Å². The molecule has 6 amide bonds. The number of hydrogen-bond acceptors (Lipinski definition) is 21. The number of azide groups is 1. The standard InChI is InChI=1S/C66H99N9O22/c1-12-39(6)53(48(89-10)35-50(77)75-26-16-19-46(75)57(90-11)40(7)60(81)70-45(63(84)85)33-41-17-14-13-15-18-41)73(8)62(83)51(37(2)3)71-61(82)52(38(4)5)74(9)66(88)94-36-42-20-22-47(96-65-56(80)54(78)55(79)59(97-65)64(86)87)44-34-43(95-58(42)44)21-23-49(76)68-24-27-91-29-31-93-32-30-92-28-25-69-72-67/h13-15,17-18,20,22,34,37-40,45-46,48,51-57,59,65,78-80H,12,16,19,21,23-33,35-36H2,1-11H3,(H,68,76)(H,70,81)(H,71,82)(H,84,85)(H,86,87)/t39?,40-,45?,46+,48-,51+,52+,53+,54+,55+,56-,57-,59+,65-/m1/s1. The Hall–Kier alpha value is -7.71. The second-order valence-corrected chi connectivity index (χ2v) is 24.9. The second-order valence-electron chi connectivity index (χ2n) is 24.9. The van der Waals surface area contributed by atoms with Gasteiger partial charge in [-0.25, -0.2) is 14.4 Å². The van der Waals surface area contributed by atoms with Gasteiger partial charge in [-0.1, -0.05) is 90.3 Å². The van der Waals surface area contributed by atoms with Gasteiger partial charge < -0.3 is 93.6 Å². The highest BCUT2D eigenvalue weighted by molar-refractivity contribution is 5.92. The lowest BCUT2D eigenvalue weighted by atomic mass is 9.89. The molecule has 3 heterocycles.